The van der Waals surface area contributed by atoms with Gasteiger partial charge >= 0.3 is 15.5 Å². The molecule has 1 rings (SSSR count). The van der Waals surface area contributed by atoms with E-state index in [4.69, 9.17) is 46.4 Å². The number of rotatable bonds is 3. The number of halogens is 7. The lowest BCUT2D eigenvalue weighted by molar-refractivity contribution is -0.0451. The van der Waals surface area contributed by atoms with Crippen molar-refractivity contribution in [3.05, 3.63) is 34.9 Å². The van der Waals surface area contributed by atoms with E-state index in [-0.39, 0.29) is 10.6 Å². The van der Waals surface area contributed by atoms with E-state index in [2.05, 4.69) is 0 Å². The summed E-state index contributed by atoms with van der Waals surface area (Å²) in [6, 6.07) is 3.41. The molecule has 0 amide bonds. The molecule has 0 bridgehead atoms. The van der Waals surface area contributed by atoms with Crippen LogP contribution >= 0.6 is 46.4 Å². The van der Waals surface area contributed by atoms with Gasteiger partial charge in [0.15, 0.2) is 0 Å². The Morgan fingerprint density at radius 2 is 1.50 bits per heavy atom. The maximum atomic E-state index is 12.4. The second kappa shape index (κ2) is 6.06. The fourth-order valence-electron chi connectivity index (χ4n) is 1.20. The van der Waals surface area contributed by atoms with E-state index in [1.165, 1.54) is 29.0 Å². The molecule has 0 aliphatic rings. The summed E-state index contributed by atoms with van der Waals surface area (Å²) in [5.74, 6) is 0. The Bertz CT molecular complexity index is 568. The molecule has 0 aliphatic heterocycles. The second-order valence-corrected chi connectivity index (χ2v) is 8.10. The van der Waals surface area contributed by atoms with Crippen LogP contribution in [0.3, 0.4) is 0 Å². The summed E-state index contributed by atoms with van der Waals surface area (Å²) in [6.07, 6.45) is 0. The Balaban J connectivity index is 3.20. The standard InChI is InChI=1S/C9H6Cl4F3NO2S/c10-6-3-1-5(2-4-6)7(8(11,12)13)17-20(18,19)9(14,15)16/h1-4,7,17H. The average molecular weight is 391 g/mol. The normalized spacial score (nSPS) is 15.2. The van der Waals surface area contributed by atoms with Crippen LogP contribution in [0, 0.1) is 0 Å². The molecule has 1 unspecified atom stereocenters. The number of hydrogen-bond acceptors (Lipinski definition) is 2. The molecular weight excluding hydrogens is 385 g/mol. The van der Waals surface area contributed by atoms with E-state index in [1.807, 2.05) is 0 Å². The molecule has 11 heteroatoms. The highest BCUT2D eigenvalue weighted by Crippen LogP contribution is 2.41. The molecule has 1 atom stereocenters. The van der Waals surface area contributed by atoms with Crippen molar-refractivity contribution in [2.24, 2.45) is 0 Å². The minimum Gasteiger partial charge on any atom is -0.203 e. The Labute approximate surface area is 133 Å². The van der Waals surface area contributed by atoms with Crippen LogP contribution in [-0.2, 0) is 10.0 Å². The van der Waals surface area contributed by atoms with Gasteiger partial charge in [0.05, 0.1) is 6.04 Å². The van der Waals surface area contributed by atoms with E-state index in [0.717, 1.165) is 0 Å². The van der Waals surface area contributed by atoms with Crippen molar-refractivity contribution >= 4 is 56.4 Å². The van der Waals surface area contributed by atoms with Gasteiger partial charge in [0, 0.05) is 5.02 Å². The van der Waals surface area contributed by atoms with Gasteiger partial charge in [-0.1, -0.05) is 58.5 Å². The number of nitrogens with one attached hydrogen (secondary N) is 1. The SMILES string of the molecule is O=S(=O)(NC(c1ccc(Cl)cc1)C(Cl)(Cl)Cl)C(F)(F)F. The Kier molecular flexibility index (Phi) is 5.49. The Morgan fingerprint density at radius 1 is 1.05 bits per heavy atom. The lowest BCUT2D eigenvalue weighted by Gasteiger charge is -2.26. The summed E-state index contributed by atoms with van der Waals surface area (Å²) in [5, 5.41) is 0.287. The minimum absolute atomic E-state index is 0.0159. The zero-order valence-corrected chi connectivity index (χ0v) is 13.1. The second-order valence-electron chi connectivity index (χ2n) is 3.59. The third-order valence-corrected chi connectivity index (χ3v) is 4.17. The van der Waals surface area contributed by atoms with E-state index < -0.39 is 25.4 Å². The third-order valence-electron chi connectivity index (χ3n) is 2.11. The molecule has 3 nitrogen and oxygen atoms in total. The summed E-state index contributed by atoms with van der Waals surface area (Å²) in [4.78, 5) is 0. The Morgan fingerprint density at radius 3 is 1.85 bits per heavy atom. The lowest BCUT2D eigenvalue weighted by Crippen LogP contribution is -2.43. The van der Waals surface area contributed by atoms with Gasteiger partial charge in [0.2, 0.25) is 3.79 Å². The van der Waals surface area contributed by atoms with Crippen LogP contribution in [0.15, 0.2) is 24.3 Å². The molecule has 1 aromatic carbocycles. The van der Waals surface area contributed by atoms with Crippen molar-refractivity contribution in [3.8, 4) is 0 Å². The zero-order valence-electron chi connectivity index (χ0n) is 9.26. The molecular formula is C9H6Cl4F3NO2S. The monoisotopic (exact) mass is 389 g/mol. The van der Waals surface area contributed by atoms with Crippen LogP contribution in [0.2, 0.25) is 5.02 Å². The summed E-state index contributed by atoms with van der Waals surface area (Å²) >= 11 is 22.2. The summed E-state index contributed by atoms with van der Waals surface area (Å²) < 4.78 is 58.3. The topological polar surface area (TPSA) is 46.2 Å². The van der Waals surface area contributed by atoms with Crippen molar-refractivity contribution in [3.63, 3.8) is 0 Å². The molecule has 0 radical (unpaired) electrons. The van der Waals surface area contributed by atoms with E-state index >= 15 is 0 Å². The first-order valence-electron chi connectivity index (χ1n) is 4.75. The molecule has 0 spiro atoms. The van der Waals surface area contributed by atoms with Gasteiger partial charge in [-0.25, -0.2) is 8.42 Å². The van der Waals surface area contributed by atoms with Crippen LogP contribution in [0.25, 0.3) is 0 Å². The fourth-order valence-corrected chi connectivity index (χ4v) is 2.82. The number of hydrogen-bond donors (Lipinski definition) is 1. The van der Waals surface area contributed by atoms with Crippen LogP contribution < -0.4 is 4.72 Å². The van der Waals surface area contributed by atoms with Gasteiger partial charge in [-0.15, -0.1) is 0 Å². The van der Waals surface area contributed by atoms with Crippen molar-refractivity contribution in [2.45, 2.75) is 15.3 Å². The molecule has 0 aliphatic carbocycles. The average Bonchev–Trinajstić information content (AvgIpc) is 2.24. The molecule has 0 aromatic heterocycles. The van der Waals surface area contributed by atoms with E-state index in [1.54, 1.807) is 0 Å². The van der Waals surface area contributed by atoms with Gasteiger partial charge in [0.25, 0.3) is 0 Å². The molecule has 1 aromatic rings. The maximum absolute atomic E-state index is 12.4. The smallest absolute Gasteiger partial charge is 0.203 e. The largest absolute Gasteiger partial charge is 0.511 e. The predicted octanol–water partition coefficient (Wildman–Crippen LogP) is 4.19. The van der Waals surface area contributed by atoms with Crippen LogP contribution in [0.1, 0.15) is 11.6 Å². The molecule has 0 saturated carbocycles. The van der Waals surface area contributed by atoms with Gasteiger partial charge < -0.3 is 0 Å². The van der Waals surface area contributed by atoms with Gasteiger partial charge in [0.1, 0.15) is 0 Å². The lowest BCUT2D eigenvalue weighted by atomic mass is 10.1. The number of benzene rings is 1. The van der Waals surface area contributed by atoms with Gasteiger partial charge in [-0.3, -0.25) is 0 Å². The fraction of sp³-hybridized carbons (Fsp3) is 0.333. The highest BCUT2D eigenvalue weighted by atomic mass is 35.6. The minimum atomic E-state index is -5.67. The first kappa shape index (κ1) is 18.1. The molecule has 1 N–H and O–H groups in total. The zero-order chi connectivity index (χ0) is 15.8. The summed E-state index contributed by atoms with van der Waals surface area (Å²) in [5.41, 5.74) is -5.50. The number of sulfonamides is 1. The van der Waals surface area contributed by atoms with E-state index in [9.17, 15) is 21.6 Å². The maximum Gasteiger partial charge on any atom is 0.511 e. The highest BCUT2D eigenvalue weighted by molar-refractivity contribution is 7.90. The van der Waals surface area contributed by atoms with Crippen molar-refractivity contribution in [2.75, 3.05) is 0 Å². The van der Waals surface area contributed by atoms with Crippen molar-refractivity contribution in [1.82, 2.24) is 4.72 Å². The number of alkyl halides is 6. The molecule has 0 saturated heterocycles. The summed E-state index contributed by atoms with van der Waals surface area (Å²) in [6.45, 7) is 0. The van der Waals surface area contributed by atoms with Gasteiger partial charge in [-0.2, -0.15) is 17.9 Å². The van der Waals surface area contributed by atoms with Crippen LogP contribution in [-0.4, -0.2) is 17.7 Å². The molecule has 20 heavy (non-hydrogen) atoms. The van der Waals surface area contributed by atoms with Crippen molar-refractivity contribution in [1.29, 1.82) is 0 Å². The Hall–Kier alpha value is 0.0800. The summed E-state index contributed by atoms with van der Waals surface area (Å²) in [7, 11) is -5.67. The first-order valence-corrected chi connectivity index (χ1v) is 7.75. The molecule has 0 fully saturated rings. The van der Waals surface area contributed by atoms with Gasteiger partial charge in [-0.05, 0) is 17.7 Å². The van der Waals surface area contributed by atoms with Crippen molar-refractivity contribution < 1.29 is 21.6 Å². The van der Waals surface area contributed by atoms with Crippen LogP contribution in [0.5, 0.6) is 0 Å². The predicted molar refractivity (Wildman–Crippen MR) is 72.6 cm³/mol. The van der Waals surface area contributed by atoms with E-state index in [0.29, 0.717) is 0 Å². The highest BCUT2D eigenvalue weighted by Gasteiger charge is 2.49. The molecule has 0 heterocycles. The third kappa shape index (κ3) is 4.54. The van der Waals surface area contributed by atoms with Crippen LogP contribution in [0.4, 0.5) is 13.2 Å². The molecule has 114 valence electrons. The quantitative estimate of drug-likeness (QED) is 0.786. The first-order chi connectivity index (χ1) is 8.84.